The Morgan fingerprint density at radius 2 is 1.07 bits per heavy atom. The number of carbonyl (C=O) groups is 5. The number of ether oxygens (including phenoxy) is 9. The predicted octanol–water partition coefficient (Wildman–Crippen LogP) is 3.56. The fraction of sp³-hybridized carbons (Fsp3) is 0.507. The van der Waals surface area contributed by atoms with Gasteiger partial charge in [0, 0.05) is 59.4 Å². The van der Waals surface area contributed by atoms with E-state index in [4.69, 9.17) is 110 Å². The lowest BCUT2D eigenvalue weighted by Gasteiger charge is -2.26. The number of unbranched alkanes of at least 4 members (excludes halogenated alkanes) is 1. The zero-order chi connectivity index (χ0) is 99.9. The lowest BCUT2D eigenvalue weighted by atomic mass is 10.1. The third-order valence-corrected chi connectivity index (χ3v) is 23.0. The van der Waals surface area contributed by atoms with Crippen LogP contribution < -0.4 is 44.9 Å². The number of phosphoric acid groups is 4. The number of aliphatic hydroxyl groups is 3. The van der Waals surface area contributed by atoms with Crippen LogP contribution in [0.4, 0.5) is 44.2 Å². The molecule has 2 aromatic carbocycles. The number of carbonyl (C=O) groups excluding carboxylic acids is 5. The average Bonchev–Trinajstić information content (AvgIpc) is 1.63. The molecule has 8 aromatic rings. The number of benzene rings is 2. The fourth-order valence-corrected chi connectivity index (χ4v) is 16.2. The number of azide groups is 2. The number of nitrogens with two attached hydrogens (primary N) is 4. The van der Waals surface area contributed by atoms with E-state index >= 15 is 0 Å². The Morgan fingerprint density at radius 1 is 0.591 bits per heavy atom. The van der Waals surface area contributed by atoms with Crippen LogP contribution in [-0.2, 0) is 116 Å². The molecule has 2 unspecified atom stereocenters. The number of aliphatic hydroxyl groups excluding tert-OH is 3. The molecule has 6 aromatic heterocycles. The topological polar surface area (TPSA) is 881 Å². The molecular weight excluding hydrogens is 1910 g/mol. The Morgan fingerprint density at radius 3 is 1.56 bits per heavy atom. The highest BCUT2D eigenvalue weighted by Crippen LogP contribution is 2.52. The van der Waals surface area contributed by atoms with Crippen LogP contribution in [0, 0.1) is 17.2 Å². The van der Waals surface area contributed by atoms with E-state index in [1.54, 1.807) is 82.3 Å². The molecule has 4 aliphatic heterocycles. The van der Waals surface area contributed by atoms with Crippen molar-refractivity contribution in [2.24, 2.45) is 16.1 Å². The molecule has 19 N–H and O–H groups in total. The lowest BCUT2D eigenvalue weighted by Crippen LogP contribution is -2.47. The molecule has 4 saturated heterocycles. The standard InChI is InChI=1S/C38H50N12O18P2.C19H26N8O13P2.C16H19N5O4/c1-38(2,3)67-37(55)45-22(10-6-7-11-28(51)61-15-20-8-4-5-9-21(20)47-48-41)35(53)66-31-25(65-34(30(31)52)50-19-44-29-32(40)42-18-43-33(29)50)17-63-70(59,60)68-23-14-27(49-13-12-26(39)46-36(49)54)64-24(23)16-62-69(56,57)58;20-11-1-2-26(19(30)25-11)12-3-8(9(38-12)4-36-41(31,32)33)40-42(34,35)37-5-10-14(28)15(29)18(39-10)27-7-24-13-16(21)22-6-23-17(13)27;1-12(15(22)24-10-8-17)5-4-9-19-16(23)25-11-13-6-2-3-7-14(13)20-21-18/h4-5,8-9,12-13,18-19,22-25,27,30-31,34,52H,6-7,10-11,14-17H2,1-3H3,(H,45,55)(H,59,60)(H2,39,46,54)(H2,40,42,43)(H2,56,57,58);1-2,6-10,12,14-15,18,28-29H,3-5H2,(H,34,35)(H2,20,25,30)(H2,21,22,23)(H2,31,32,33);2-3,6-7,12H,4-5,9-11H2,1H3,(H,19,23)/t22-,23-,24+,25+,27+,30+,31+,34+;8-,9+,10+,12+,14+,15+,18+;12-/m000/s1. The zero-order valence-electron chi connectivity index (χ0n) is 72.5. The summed E-state index contributed by atoms with van der Waals surface area (Å²) in [4.78, 5) is 183. The lowest BCUT2D eigenvalue weighted by molar-refractivity contribution is -0.159. The molecule has 64 heteroatoms. The Balaban J connectivity index is 0.000000242. The zero-order valence-corrected chi connectivity index (χ0v) is 76.1. The minimum absolute atomic E-state index is 0.0160. The van der Waals surface area contributed by atoms with Gasteiger partial charge in [0.1, 0.15) is 134 Å². The molecule has 0 radical (unpaired) electrons. The average molecular weight is 2010 g/mol. The van der Waals surface area contributed by atoms with Gasteiger partial charge in [-0.15, -0.1) is 0 Å². The number of alkyl carbamates (subject to hydrolysis) is 2. The van der Waals surface area contributed by atoms with Crippen molar-refractivity contribution in [2.45, 2.75) is 190 Å². The number of nitrogens with zero attached hydrogens (tertiary/aromatic N) is 19. The van der Waals surface area contributed by atoms with E-state index in [1.807, 2.05) is 0 Å². The molecule has 12 rings (SSSR count). The molecule has 10 heterocycles. The van der Waals surface area contributed by atoms with Crippen LogP contribution in [-0.4, -0.2) is 245 Å². The normalized spacial score (nSPS) is 22.7. The molecule has 18 atom stereocenters. The first-order valence-electron chi connectivity index (χ1n) is 40.8. The molecule has 4 fully saturated rings. The molecule has 137 heavy (non-hydrogen) atoms. The van der Waals surface area contributed by atoms with Crippen molar-refractivity contribution in [3.8, 4) is 6.07 Å². The molecule has 0 spiro atoms. The number of nitrogens with one attached hydrogen (secondary N) is 2. The molecule has 60 nitrogen and oxygen atoms in total. The summed E-state index contributed by atoms with van der Waals surface area (Å²) in [7, 11) is -20.4. The van der Waals surface area contributed by atoms with E-state index in [2.05, 4.69) is 79.6 Å². The summed E-state index contributed by atoms with van der Waals surface area (Å²) in [5.74, 6) is -2.68. The molecule has 0 aliphatic carbocycles. The summed E-state index contributed by atoms with van der Waals surface area (Å²) >= 11 is 0. The van der Waals surface area contributed by atoms with Crippen molar-refractivity contribution >= 4 is 118 Å². The number of imidazole rings is 2. The number of phosphoric ester groups is 4. The summed E-state index contributed by atoms with van der Waals surface area (Å²) in [6.07, 6.45) is -14.4. The van der Waals surface area contributed by atoms with Gasteiger partial charge in [-0.05, 0) is 80.8 Å². The van der Waals surface area contributed by atoms with Crippen LogP contribution in [0.5, 0.6) is 0 Å². The maximum atomic E-state index is 14.1. The summed E-state index contributed by atoms with van der Waals surface area (Å²) < 4.78 is 133. The fourth-order valence-electron chi connectivity index (χ4n) is 13.5. The minimum atomic E-state index is -5.29. The Bertz CT molecular complexity index is 6050. The Kier molecular flexibility index (Phi) is 37.5. The van der Waals surface area contributed by atoms with E-state index < -0.39 is 197 Å². The van der Waals surface area contributed by atoms with Crippen LogP contribution in [0.2, 0.25) is 0 Å². The number of amides is 2. The Hall–Kier alpha value is -12.3. The smallest absolute Gasteiger partial charge is 0.461 e. The largest absolute Gasteiger partial charge is 0.472 e. The molecule has 0 bridgehead atoms. The SMILES string of the molecule is CC(C)(C)OC(=O)N[C@@H](CCCCC(=O)OCc1ccccc1N=[N+]=[N-])C(=O)O[C@H]1[C@@H](O)[C@H](n2cnc3c(N)ncnc32)O[C@@H]1COP(=O)(O)O[C@H]1C[C@H](n2ccc(N)nc2=O)O[C@@H]1COP(=O)(O)O.C[C@@H](CCCNC(=O)OCc1ccccc1N=[N+]=[N-])C(=O)OCC#N.Nc1ccn([C@H]2C[C@H](OP(=O)(O)OC[C@H]3O[C@@H](n4cnc5c(N)ncnc54)[C@H](O)[C@@H]3O)[C@@H](COP(=O)(O)O)O2)c(=O)n1. The van der Waals surface area contributed by atoms with Gasteiger partial charge in [-0.3, -0.25) is 55.0 Å². The monoisotopic (exact) mass is 2010 g/mol. The number of hydrogen-bond donors (Lipinski definition) is 15. The van der Waals surface area contributed by atoms with Gasteiger partial charge in [0.05, 0.1) is 45.0 Å². The van der Waals surface area contributed by atoms with E-state index in [1.165, 1.54) is 52.6 Å². The number of esters is 3. The van der Waals surface area contributed by atoms with Crippen molar-refractivity contribution in [1.82, 2.24) is 68.8 Å². The van der Waals surface area contributed by atoms with Crippen molar-refractivity contribution in [3.05, 3.63) is 151 Å². The number of nitrogen functional groups attached to an aromatic ring is 4. The summed E-state index contributed by atoms with van der Waals surface area (Å²) in [6.45, 7) is 2.98. The van der Waals surface area contributed by atoms with Gasteiger partial charge >= 0.3 is 72.8 Å². The second kappa shape index (κ2) is 48.1. The van der Waals surface area contributed by atoms with Gasteiger partial charge in [0.15, 0.2) is 48.1 Å². The minimum Gasteiger partial charge on any atom is -0.461 e. The maximum absolute atomic E-state index is 14.1. The molecular formula is C73H95N25O35P4. The quantitative estimate of drug-likeness (QED) is 0.00496. The molecule has 742 valence electrons. The first-order chi connectivity index (χ1) is 64.8. The second-order valence-electron chi connectivity index (χ2n) is 30.9. The number of aromatic nitrogens is 12. The van der Waals surface area contributed by atoms with Gasteiger partial charge < -0.3 is 121 Å². The van der Waals surface area contributed by atoms with E-state index in [9.17, 15) is 86.7 Å². The Labute approximate surface area is 772 Å². The van der Waals surface area contributed by atoms with Crippen LogP contribution in [0.1, 0.15) is 115 Å². The maximum Gasteiger partial charge on any atom is 0.472 e. The number of rotatable bonds is 40. The van der Waals surface area contributed by atoms with Gasteiger partial charge in [-0.2, -0.15) is 15.2 Å². The number of fused-ring (bicyclic) bond motifs is 2. The highest BCUT2D eigenvalue weighted by Gasteiger charge is 2.52. The van der Waals surface area contributed by atoms with Gasteiger partial charge in [-0.1, -0.05) is 72.1 Å². The number of nitriles is 1. The van der Waals surface area contributed by atoms with Crippen LogP contribution in [0.3, 0.4) is 0 Å². The van der Waals surface area contributed by atoms with E-state index in [-0.39, 0.29) is 116 Å². The predicted molar refractivity (Wildman–Crippen MR) is 460 cm³/mol. The van der Waals surface area contributed by atoms with Crippen molar-refractivity contribution in [1.29, 1.82) is 5.26 Å². The van der Waals surface area contributed by atoms with Crippen molar-refractivity contribution < 1.29 is 157 Å². The van der Waals surface area contributed by atoms with Gasteiger partial charge in [-0.25, -0.2) is 72.1 Å². The third-order valence-electron chi connectivity index (χ3n) is 20.0. The van der Waals surface area contributed by atoms with Crippen LogP contribution in [0.15, 0.2) is 118 Å². The highest BCUT2D eigenvalue weighted by molar-refractivity contribution is 7.47. The summed E-state index contributed by atoms with van der Waals surface area (Å²) in [5.41, 5.74) is 39.8. The molecule has 0 saturated carbocycles. The van der Waals surface area contributed by atoms with E-state index in [0.29, 0.717) is 36.2 Å². The number of hydrogen-bond acceptors (Lipinski definition) is 44. The summed E-state index contributed by atoms with van der Waals surface area (Å²) in [5, 5.41) is 53.3. The first-order valence-corrected chi connectivity index (χ1v) is 46.8. The second-order valence-corrected chi connectivity index (χ2v) is 36.2. The van der Waals surface area contributed by atoms with Crippen LogP contribution >= 0.6 is 31.3 Å². The third kappa shape index (κ3) is 31.1. The first kappa shape index (κ1) is 107. The van der Waals surface area contributed by atoms with Gasteiger partial charge in [0.2, 0.25) is 0 Å². The van der Waals surface area contributed by atoms with E-state index in [0.717, 1.165) is 15.5 Å². The molecule has 4 aliphatic rings. The van der Waals surface area contributed by atoms with Crippen molar-refractivity contribution in [2.75, 3.05) is 62.5 Å². The van der Waals surface area contributed by atoms with Crippen LogP contribution in [0.25, 0.3) is 43.2 Å². The van der Waals surface area contributed by atoms with Gasteiger partial charge in [0.25, 0.3) is 0 Å². The highest BCUT2D eigenvalue weighted by atomic mass is 31.2. The number of anilines is 4. The van der Waals surface area contributed by atoms with Crippen molar-refractivity contribution in [3.63, 3.8) is 0 Å². The summed E-state index contributed by atoms with van der Waals surface area (Å²) in [6, 6.07) is 16.1. The molecule has 2 amide bonds.